The molecule has 1 fully saturated rings. The first-order valence-electron chi connectivity index (χ1n) is 9.93. The molecule has 1 N–H and O–H groups in total. The largest absolute Gasteiger partial charge is 0.352 e. The Morgan fingerprint density at radius 1 is 1.13 bits per heavy atom. The summed E-state index contributed by atoms with van der Waals surface area (Å²) in [5.74, 6) is 1.15. The van der Waals surface area contributed by atoms with Crippen molar-refractivity contribution in [1.82, 2.24) is 14.7 Å². The summed E-state index contributed by atoms with van der Waals surface area (Å²) in [4.78, 5) is 19.4. The Labute approximate surface area is 190 Å². The number of nitrogens with one attached hydrogen (secondary N) is 1. The number of benzene rings is 2. The molecule has 0 saturated carbocycles. The van der Waals surface area contributed by atoms with E-state index in [9.17, 15) is 4.79 Å². The molecule has 5 nitrogen and oxygen atoms in total. The van der Waals surface area contributed by atoms with E-state index in [1.807, 2.05) is 18.2 Å². The van der Waals surface area contributed by atoms with Crippen LogP contribution in [-0.4, -0.2) is 34.9 Å². The molecular formula is C22H22Cl2N4OS. The van der Waals surface area contributed by atoms with Crippen molar-refractivity contribution < 1.29 is 4.79 Å². The third kappa shape index (κ3) is 5.31. The average molecular weight is 461 g/mol. The second-order valence-corrected chi connectivity index (χ2v) is 8.99. The number of halogens is 2. The number of aromatic nitrogens is 2. The van der Waals surface area contributed by atoms with E-state index in [1.54, 1.807) is 18.2 Å². The zero-order valence-corrected chi connectivity index (χ0v) is 18.7. The van der Waals surface area contributed by atoms with E-state index in [0.717, 1.165) is 43.3 Å². The molecule has 8 heteroatoms. The highest BCUT2D eigenvalue weighted by atomic mass is 35.5. The summed E-state index contributed by atoms with van der Waals surface area (Å²) in [6.07, 6.45) is 2.76. The smallest absolute Gasteiger partial charge is 0.252 e. The molecule has 4 rings (SSSR count). The molecule has 0 unspecified atom stereocenters. The molecule has 30 heavy (non-hydrogen) atoms. The lowest BCUT2D eigenvalue weighted by molar-refractivity contribution is 0.0945. The molecule has 2 aromatic carbocycles. The van der Waals surface area contributed by atoms with Gasteiger partial charge in [0.1, 0.15) is 5.82 Å². The fraction of sp³-hybridized carbons (Fsp3) is 0.318. The average Bonchev–Trinajstić information content (AvgIpc) is 3.21. The number of anilines is 1. The van der Waals surface area contributed by atoms with Crippen LogP contribution in [0.1, 0.15) is 34.6 Å². The molecule has 1 amide bonds. The van der Waals surface area contributed by atoms with Crippen molar-refractivity contribution in [2.75, 3.05) is 24.5 Å². The van der Waals surface area contributed by atoms with Crippen LogP contribution in [-0.2, 0) is 6.42 Å². The lowest BCUT2D eigenvalue weighted by atomic mass is 9.97. The summed E-state index contributed by atoms with van der Waals surface area (Å²) in [5.41, 5.74) is 1.68. The number of carbonyl (C=O) groups is 1. The van der Waals surface area contributed by atoms with Gasteiger partial charge in [-0.3, -0.25) is 4.79 Å². The van der Waals surface area contributed by atoms with Gasteiger partial charge in [-0.1, -0.05) is 53.5 Å². The molecule has 0 aliphatic carbocycles. The monoisotopic (exact) mass is 460 g/mol. The van der Waals surface area contributed by atoms with E-state index < -0.39 is 0 Å². The number of amides is 1. The van der Waals surface area contributed by atoms with Gasteiger partial charge < -0.3 is 10.2 Å². The molecule has 1 aliphatic rings. The summed E-state index contributed by atoms with van der Waals surface area (Å²) in [5, 5.41) is 4.88. The van der Waals surface area contributed by atoms with E-state index in [1.165, 1.54) is 17.1 Å². The van der Waals surface area contributed by atoms with Crippen molar-refractivity contribution in [2.24, 2.45) is 5.92 Å². The van der Waals surface area contributed by atoms with Crippen molar-refractivity contribution in [3.05, 3.63) is 75.5 Å². The van der Waals surface area contributed by atoms with Gasteiger partial charge in [-0.2, -0.15) is 4.37 Å². The van der Waals surface area contributed by atoms with Crippen LogP contribution in [0.15, 0.2) is 48.5 Å². The first-order chi connectivity index (χ1) is 14.6. The highest BCUT2D eigenvalue weighted by Gasteiger charge is 2.23. The number of hydrogen-bond donors (Lipinski definition) is 1. The lowest BCUT2D eigenvalue weighted by Crippen LogP contribution is -2.38. The first-order valence-corrected chi connectivity index (χ1v) is 11.5. The van der Waals surface area contributed by atoms with E-state index in [4.69, 9.17) is 28.2 Å². The van der Waals surface area contributed by atoms with Gasteiger partial charge in [-0.25, -0.2) is 4.98 Å². The van der Waals surface area contributed by atoms with Crippen molar-refractivity contribution in [3.8, 4) is 0 Å². The van der Waals surface area contributed by atoms with Crippen LogP contribution >= 0.6 is 34.7 Å². The van der Waals surface area contributed by atoms with Crippen LogP contribution in [0, 0.1) is 5.92 Å². The Morgan fingerprint density at radius 2 is 1.90 bits per heavy atom. The lowest BCUT2D eigenvalue weighted by Gasteiger charge is -2.31. The quantitative estimate of drug-likeness (QED) is 0.556. The summed E-state index contributed by atoms with van der Waals surface area (Å²) >= 11 is 13.5. The Bertz CT molecular complexity index is 1000. The Hall–Kier alpha value is -2.15. The van der Waals surface area contributed by atoms with Gasteiger partial charge in [0, 0.05) is 42.6 Å². The fourth-order valence-corrected chi connectivity index (χ4v) is 4.79. The highest BCUT2D eigenvalue weighted by Crippen LogP contribution is 2.26. The molecule has 156 valence electrons. The van der Waals surface area contributed by atoms with Crippen LogP contribution in [0.4, 0.5) is 5.13 Å². The minimum absolute atomic E-state index is 0.159. The SMILES string of the molecule is O=C(NCC1CCN(c2nc(Cc3ccccc3)ns2)CC1)c1ccc(Cl)cc1Cl. The van der Waals surface area contributed by atoms with E-state index in [-0.39, 0.29) is 5.91 Å². The third-order valence-corrected chi connectivity index (χ3v) is 6.64. The van der Waals surface area contributed by atoms with Gasteiger partial charge in [0.2, 0.25) is 5.13 Å². The molecule has 0 bridgehead atoms. The topological polar surface area (TPSA) is 58.1 Å². The second kappa shape index (κ2) is 9.77. The predicted octanol–water partition coefficient (Wildman–Crippen LogP) is 5.08. The second-order valence-electron chi connectivity index (χ2n) is 7.42. The van der Waals surface area contributed by atoms with E-state index in [2.05, 4.69) is 26.7 Å². The molecule has 1 aromatic heterocycles. The minimum Gasteiger partial charge on any atom is -0.352 e. The number of carbonyl (C=O) groups excluding carboxylic acids is 1. The summed E-state index contributed by atoms with van der Waals surface area (Å²) in [6.45, 7) is 2.48. The fourth-order valence-electron chi connectivity index (χ4n) is 3.56. The molecule has 0 spiro atoms. The van der Waals surface area contributed by atoms with Crippen LogP contribution in [0.2, 0.25) is 10.0 Å². The zero-order chi connectivity index (χ0) is 20.9. The predicted molar refractivity (Wildman–Crippen MR) is 123 cm³/mol. The standard InChI is InChI=1S/C22H22Cl2N4OS/c23-17-6-7-18(19(24)13-17)21(29)25-14-16-8-10-28(11-9-16)22-26-20(27-30-22)12-15-4-2-1-3-5-15/h1-7,13,16H,8-12,14H2,(H,25,29). The molecule has 3 aromatic rings. The summed E-state index contributed by atoms with van der Waals surface area (Å²) < 4.78 is 4.52. The molecule has 0 radical (unpaired) electrons. The number of piperidine rings is 1. The Balaban J connectivity index is 1.25. The van der Waals surface area contributed by atoms with Gasteiger partial charge in [-0.15, -0.1) is 0 Å². The number of rotatable bonds is 6. The summed E-state index contributed by atoms with van der Waals surface area (Å²) in [6, 6.07) is 15.2. The molecule has 0 atom stereocenters. The maximum absolute atomic E-state index is 12.4. The van der Waals surface area contributed by atoms with Gasteiger partial charge in [-0.05, 0) is 42.5 Å². The summed E-state index contributed by atoms with van der Waals surface area (Å²) in [7, 11) is 0. The highest BCUT2D eigenvalue weighted by molar-refractivity contribution is 7.09. The van der Waals surface area contributed by atoms with Crippen molar-refractivity contribution in [3.63, 3.8) is 0 Å². The van der Waals surface area contributed by atoms with Crippen molar-refractivity contribution >= 4 is 45.8 Å². The van der Waals surface area contributed by atoms with E-state index in [0.29, 0.717) is 28.1 Å². The molecular weight excluding hydrogens is 439 g/mol. The van der Waals surface area contributed by atoms with Crippen LogP contribution < -0.4 is 10.2 Å². The van der Waals surface area contributed by atoms with Crippen LogP contribution in [0.3, 0.4) is 0 Å². The van der Waals surface area contributed by atoms with Crippen LogP contribution in [0.25, 0.3) is 0 Å². The molecule has 1 saturated heterocycles. The molecule has 2 heterocycles. The van der Waals surface area contributed by atoms with E-state index >= 15 is 0 Å². The van der Waals surface area contributed by atoms with Crippen LogP contribution in [0.5, 0.6) is 0 Å². The maximum Gasteiger partial charge on any atom is 0.252 e. The first kappa shape index (κ1) is 21.1. The zero-order valence-electron chi connectivity index (χ0n) is 16.4. The van der Waals surface area contributed by atoms with Crippen molar-refractivity contribution in [2.45, 2.75) is 19.3 Å². The Morgan fingerprint density at radius 3 is 2.63 bits per heavy atom. The van der Waals surface area contributed by atoms with Gasteiger partial charge in [0.05, 0.1) is 10.6 Å². The number of nitrogens with zero attached hydrogens (tertiary/aromatic N) is 3. The Kier molecular flexibility index (Phi) is 6.87. The normalized spacial score (nSPS) is 14.7. The van der Waals surface area contributed by atoms with Gasteiger partial charge in [0.15, 0.2) is 0 Å². The number of hydrogen-bond acceptors (Lipinski definition) is 5. The third-order valence-electron chi connectivity index (χ3n) is 5.27. The van der Waals surface area contributed by atoms with Gasteiger partial charge in [0.25, 0.3) is 5.91 Å². The molecule has 1 aliphatic heterocycles. The minimum atomic E-state index is -0.159. The van der Waals surface area contributed by atoms with Crippen molar-refractivity contribution in [1.29, 1.82) is 0 Å². The van der Waals surface area contributed by atoms with Gasteiger partial charge >= 0.3 is 0 Å². The maximum atomic E-state index is 12.4.